The van der Waals surface area contributed by atoms with Gasteiger partial charge >= 0.3 is 0 Å². The lowest BCUT2D eigenvalue weighted by Gasteiger charge is -2.15. The van der Waals surface area contributed by atoms with Crippen LogP contribution >= 0.6 is 27.5 Å². The molecule has 0 spiro atoms. The molecule has 0 saturated heterocycles. The molecular formula is C15H14BrClO2. The van der Waals surface area contributed by atoms with E-state index in [9.17, 15) is 5.11 Å². The van der Waals surface area contributed by atoms with Crippen LogP contribution in [0.2, 0.25) is 5.02 Å². The van der Waals surface area contributed by atoms with Gasteiger partial charge in [0.05, 0.1) is 12.1 Å². The zero-order chi connectivity index (χ0) is 14.0. The molecule has 0 aliphatic carbocycles. The maximum absolute atomic E-state index is 10.4. The second-order valence-corrected chi connectivity index (χ2v) is 5.58. The topological polar surface area (TPSA) is 29.5 Å². The lowest BCUT2D eigenvalue weighted by Crippen LogP contribution is -2.01. The van der Waals surface area contributed by atoms with Crippen molar-refractivity contribution in [2.45, 2.75) is 13.0 Å². The largest absolute Gasteiger partial charge is 0.495 e. The number of benzene rings is 2. The minimum atomic E-state index is -0.721. The molecule has 0 amide bonds. The second kappa shape index (κ2) is 5.95. The van der Waals surface area contributed by atoms with E-state index in [1.165, 1.54) is 0 Å². The van der Waals surface area contributed by atoms with Gasteiger partial charge in [0.2, 0.25) is 0 Å². The number of ether oxygens (including phenoxy) is 1. The van der Waals surface area contributed by atoms with Crippen LogP contribution in [0.4, 0.5) is 0 Å². The first-order valence-electron chi connectivity index (χ1n) is 5.80. The van der Waals surface area contributed by atoms with Crippen LogP contribution in [0.1, 0.15) is 22.8 Å². The molecule has 0 bridgehead atoms. The SMILES string of the molecule is COc1cc(C(O)c2ccc(C)cc2Br)ccc1Cl. The van der Waals surface area contributed by atoms with Gasteiger partial charge in [-0.05, 0) is 41.8 Å². The van der Waals surface area contributed by atoms with Crippen LogP contribution in [0.15, 0.2) is 40.9 Å². The molecule has 2 rings (SSSR count). The van der Waals surface area contributed by atoms with Gasteiger partial charge in [-0.3, -0.25) is 0 Å². The van der Waals surface area contributed by atoms with Crippen molar-refractivity contribution in [3.63, 3.8) is 0 Å². The summed E-state index contributed by atoms with van der Waals surface area (Å²) < 4.78 is 6.05. The molecule has 100 valence electrons. The van der Waals surface area contributed by atoms with E-state index in [0.717, 1.165) is 21.2 Å². The molecule has 2 aromatic rings. The Labute approximate surface area is 126 Å². The standard InChI is InChI=1S/C15H14BrClO2/c1-9-3-5-11(12(16)7-9)15(18)10-4-6-13(17)14(8-10)19-2/h3-8,15,18H,1-2H3. The number of methoxy groups -OCH3 is 1. The molecule has 0 fully saturated rings. The third-order valence-corrected chi connectivity index (χ3v) is 3.94. The van der Waals surface area contributed by atoms with Crippen molar-refractivity contribution in [2.24, 2.45) is 0 Å². The second-order valence-electron chi connectivity index (χ2n) is 4.32. The monoisotopic (exact) mass is 340 g/mol. The molecule has 2 nitrogen and oxygen atoms in total. The number of hydrogen-bond acceptors (Lipinski definition) is 2. The highest BCUT2D eigenvalue weighted by Crippen LogP contribution is 2.33. The molecular weight excluding hydrogens is 328 g/mol. The Hall–Kier alpha value is -1.03. The fourth-order valence-electron chi connectivity index (χ4n) is 1.88. The van der Waals surface area contributed by atoms with Crippen LogP contribution in [0.5, 0.6) is 5.75 Å². The normalized spacial score (nSPS) is 12.3. The lowest BCUT2D eigenvalue weighted by molar-refractivity contribution is 0.219. The Morgan fingerprint density at radius 1 is 1.21 bits per heavy atom. The molecule has 0 saturated carbocycles. The summed E-state index contributed by atoms with van der Waals surface area (Å²) >= 11 is 9.46. The van der Waals surface area contributed by atoms with E-state index in [1.807, 2.05) is 25.1 Å². The lowest BCUT2D eigenvalue weighted by atomic mass is 10.0. The summed E-state index contributed by atoms with van der Waals surface area (Å²) in [6.45, 7) is 2.01. The van der Waals surface area contributed by atoms with Crippen LogP contribution in [0.3, 0.4) is 0 Å². The van der Waals surface area contributed by atoms with E-state index in [0.29, 0.717) is 10.8 Å². The number of aliphatic hydroxyl groups is 1. The van der Waals surface area contributed by atoms with E-state index in [1.54, 1.807) is 25.3 Å². The molecule has 0 aliphatic rings. The zero-order valence-corrected chi connectivity index (χ0v) is 13.0. The van der Waals surface area contributed by atoms with Gasteiger partial charge in [0.25, 0.3) is 0 Å². The Balaban J connectivity index is 2.40. The first-order chi connectivity index (χ1) is 9.02. The van der Waals surface area contributed by atoms with Gasteiger partial charge in [-0.25, -0.2) is 0 Å². The highest BCUT2D eigenvalue weighted by atomic mass is 79.9. The van der Waals surface area contributed by atoms with Crippen LogP contribution in [-0.2, 0) is 0 Å². The molecule has 0 aliphatic heterocycles. The zero-order valence-electron chi connectivity index (χ0n) is 10.7. The van der Waals surface area contributed by atoms with Gasteiger partial charge in [-0.2, -0.15) is 0 Å². The van der Waals surface area contributed by atoms with Crippen molar-refractivity contribution >= 4 is 27.5 Å². The summed E-state index contributed by atoms with van der Waals surface area (Å²) in [6, 6.07) is 11.1. The minimum Gasteiger partial charge on any atom is -0.495 e. The molecule has 4 heteroatoms. The third-order valence-electron chi connectivity index (χ3n) is 2.94. The fraction of sp³-hybridized carbons (Fsp3) is 0.200. The smallest absolute Gasteiger partial charge is 0.137 e. The number of aliphatic hydroxyl groups excluding tert-OH is 1. The predicted octanol–water partition coefficient (Wildman–Crippen LogP) is 4.50. The van der Waals surface area contributed by atoms with E-state index >= 15 is 0 Å². The fourth-order valence-corrected chi connectivity index (χ4v) is 2.78. The van der Waals surface area contributed by atoms with Crippen molar-refractivity contribution in [3.05, 3.63) is 62.6 Å². The van der Waals surface area contributed by atoms with Crippen molar-refractivity contribution in [3.8, 4) is 5.75 Å². The highest BCUT2D eigenvalue weighted by Gasteiger charge is 2.15. The summed E-state index contributed by atoms with van der Waals surface area (Å²) in [7, 11) is 1.55. The summed E-state index contributed by atoms with van der Waals surface area (Å²) in [5, 5.41) is 11.0. The quantitative estimate of drug-likeness (QED) is 0.890. The maximum Gasteiger partial charge on any atom is 0.137 e. The van der Waals surface area contributed by atoms with Crippen LogP contribution in [-0.4, -0.2) is 12.2 Å². The molecule has 1 unspecified atom stereocenters. The molecule has 0 radical (unpaired) electrons. The number of aryl methyl sites for hydroxylation is 1. The number of halogens is 2. The molecule has 19 heavy (non-hydrogen) atoms. The van der Waals surface area contributed by atoms with E-state index < -0.39 is 6.10 Å². The van der Waals surface area contributed by atoms with Gasteiger partial charge in [0, 0.05) is 4.47 Å². The summed E-state index contributed by atoms with van der Waals surface area (Å²) in [5.74, 6) is 0.557. The Morgan fingerprint density at radius 2 is 1.95 bits per heavy atom. The Morgan fingerprint density at radius 3 is 2.58 bits per heavy atom. The van der Waals surface area contributed by atoms with Crippen LogP contribution < -0.4 is 4.74 Å². The van der Waals surface area contributed by atoms with Gasteiger partial charge in [-0.15, -0.1) is 0 Å². The van der Waals surface area contributed by atoms with Gasteiger partial charge in [0.1, 0.15) is 11.9 Å². The van der Waals surface area contributed by atoms with Crippen molar-refractivity contribution in [1.82, 2.24) is 0 Å². The summed E-state index contributed by atoms with van der Waals surface area (Å²) in [5.41, 5.74) is 2.69. The van der Waals surface area contributed by atoms with Crippen molar-refractivity contribution in [1.29, 1.82) is 0 Å². The van der Waals surface area contributed by atoms with Gasteiger partial charge < -0.3 is 9.84 Å². The molecule has 2 aromatic carbocycles. The summed E-state index contributed by atoms with van der Waals surface area (Å²) in [6.07, 6.45) is -0.721. The minimum absolute atomic E-state index is 0.529. The average Bonchev–Trinajstić information content (AvgIpc) is 2.38. The molecule has 0 aromatic heterocycles. The molecule has 0 heterocycles. The number of rotatable bonds is 3. The Bertz CT molecular complexity index is 599. The predicted molar refractivity (Wildman–Crippen MR) is 80.9 cm³/mol. The van der Waals surface area contributed by atoms with Crippen LogP contribution in [0.25, 0.3) is 0 Å². The molecule has 1 N–H and O–H groups in total. The summed E-state index contributed by atoms with van der Waals surface area (Å²) in [4.78, 5) is 0. The van der Waals surface area contributed by atoms with E-state index in [-0.39, 0.29) is 0 Å². The van der Waals surface area contributed by atoms with Crippen molar-refractivity contribution in [2.75, 3.05) is 7.11 Å². The maximum atomic E-state index is 10.4. The van der Waals surface area contributed by atoms with Crippen LogP contribution in [0, 0.1) is 6.92 Å². The highest BCUT2D eigenvalue weighted by molar-refractivity contribution is 9.10. The third kappa shape index (κ3) is 3.11. The number of hydrogen-bond donors (Lipinski definition) is 1. The van der Waals surface area contributed by atoms with Gasteiger partial charge in [0.15, 0.2) is 0 Å². The Kier molecular flexibility index (Phi) is 4.50. The van der Waals surface area contributed by atoms with Gasteiger partial charge in [-0.1, -0.05) is 45.7 Å². The first-order valence-corrected chi connectivity index (χ1v) is 6.97. The van der Waals surface area contributed by atoms with Crippen molar-refractivity contribution < 1.29 is 9.84 Å². The van der Waals surface area contributed by atoms with E-state index in [2.05, 4.69) is 15.9 Å². The molecule has 1 atom stereocenters. The average molecular weight is 342 g/mol. The first kappa shape index (κ1) is 14.4. The van der Waals surface area contributed by atoms with E-state index in [4.69, 9.17) is 16.3 Å².